The highest BCUT2D eigenvalue weighted by molar-refractivity contribution is 7.98. The molecule has 0 saturated heterocycles. The predicted molar refractivity (Wildman–Crippen MR) is 122 cm³/mol. The maximum absolute atomic E-state index is 4.98. The molecule has 3 aromatic carbocycles. The van der Waals surface area contributed by atoms with E-state index in [4.69, 9.17) is 10.1 Å². The van der Waals surface area contributed by atoms with E-state index in [2.05, 4.69) is 60.9 Å². The molecule has 0 spiro atoms. The Morgan fingerprint density at radius 1 is 0.759 bits per heavy atom. The molecule has 0 aliphatic rings. The monoisotopic (exact) mass is 393 g/mol. The molecular formula is C25H19N3S. The number of fused-ring (bicyclic) bond motifs is 1. The van der Waals surface area contributed by atoms with Crippen LogP contribution in [0.1, 0.15) is 0 Å². The van der Waals surface area contributed by atoms with Crippen LogP contribution in [-0.2, 0) is 0 Å². The Morgan fingerprint density at radius 2 is 1.45 bits per heavy atom. The third-order valence-corrected chi connectivity index (χ3v) is 5.65. The van der Waals surface area contributed by atoms with E-state index in [0.717, 1.165) is 44.0 Å². The topological polar surface area (TPSA) is 30.7 Å². The molecule has 3 nitrogen and oxygen atoms in total. The van der Waals surface area contributed by atoms with Gasteiger partial charge in [0.05, 0.1) is 16.9 Å². The molecule has 2 aromatic heterocycles. The second-order valence-electron chi connectivity index (χ2n) is 6.76. The average molecular weight is 394 g/mol. The van der Waals surface area contributed by atoms with E-state index in [1.165, 1.54) is 0 Å². The number of aromatic nitrogens is 3. The van der Waals surface area contributed by atoms with Gasteiger partial charge in [-0.05, 0) is 30.5 Å². The minimum atomic E-state index is 0.991. The largest absolute Gasteiger partial charge is 0.256 e. The standard InChI is InChI=1S/C25H19N3S/c1-29-25-23(20-16-19-12-8-9-15-22(19)26-17-20)24(18-10-4-2-5-11-18)28(27-25)21-13-6-3-7-14-21/h2-17H,1H3. The molecule has 5 aromatic rings. The van der Waals surface area contributed by atoms with Crippen LogP contribution in [0.15, 0.2) is 102 Å². The first-order valence-electron chi connectivity index (χ1n) is 9.48. The van der Waals surface area contributed by atoms with Crippen molar-refractivity contribution in [2.75, 3.05) is 6.26 Å². The van der Waals surface area contributed by atoms with Crippen LogP contribution in [0.5, 0.6) is 0 Å². The normalized spacial score (nSPS) is 11.1. The van der Waals surface area contributed by atoms with E-state index in [9.17, 15) is 0 Å². The van der Waals surface area contributed by atoms with Gasteiger partial charge in [-0.25, -0.2) is 4.68 Å². The van der Waals surface area contributed by atoms with Crippen LogP contribution in [0, 0.1) is 0 Å². The summed E-state index contributed by atoms with van der Waals surface area (Å²) in [5.74, 6) is 0. The van der Waals surface area contributed by atoms with E-state index in [0.29, 0.717) is 0 Å². The van der Waals surface area contributed by atoms with Crippen LogP contribution in [0.25, 0.3) is 39.0 Å². The predicted octanol–water partition coefficient (Wildman–Crippen LogP) is 6.48. The minimum Gasteiger partial charge on any atom is -0.256 e. The lowest BCUT2D eigenvalue weighted by Gasteiger charge is -2.11. The molecule has 0 fully saturated rings. The molecule has 0 bridgehead atoms. The number of rotatable bonds is 4. The summed E-state index contributed by atoms with van der Waals surface area (Å²) in [4.78, 5) is 4.70. The van der Waals surface area contributed by atoms with Gasteiger partial charge in [-0.2, -0.15) is 5.10 Å². The summed E-state index contributed by atoms with van der Waals surface area (Å²) in [5.41, 5.74) is 6.45. The maximum atomic E-state index is 4.98. The Morgan fingerprint density at radius 3 is 2.21 bits per heavy atom. The number of benzene rings is 3. The smallest absolute Gasteiger partial charge is 0.127 e. The van der Waals surface area contributed by atoms with E-state index in [-0.39, 0.29) is 0 Å². The minimum absolute atomic E-state index is 0.991. The van der Waals surface area contributed by atoms with Gasteiger partial charge in [0.1, 0.15) is 5.03 Å². The lowest BCUT2D eigenvalue weighted by molar-refractivity contribution is 0.844. The molecule has 0 unspecified atom stereocenters. The number of hydrogen-bond donors (Lipinski definition) is 0. The van der Waals surface area contributed by atoms with Gasteiger partial charge >= 0.3 is 0 Å². The van der Waals surface area contributed by atoms with Crippen molar-refractivity contribution in [3.8, 4) is 28.1 Å². The van der Waals surface area contributed by atoms with Crippen LogP contribution in [0.2, 0.25) is 0 Å². The Hall–Kier alpha value is -3.37. The van der Waals surface area contributed by atoms with Crippen LogP contribution in [0.4, 0.5) is 0 Å². The molecule has 0 aliphatic carbocycles. The lowest BCUT2D eigenvalue weighted by Crippen LogP contribution is -1.99. The summed E-state index contributed by atoms with van der Waals surface area (Å²) < 4.78 is 2.05. The molecule has 4 heteroatoms. The highest BCUT2D eigenvalue weighted by Crippen LogP contribution is 2.40. The molecule has 0 aliphatic heterocycles. The van der Waals surface area contributed by atoms with Crippen molar-refractivity contribution in [3.63, 3.8) is 0 Å². The van der Waals surface area contributed by atoms with E-state index >= 15 is 0 Å². The maximum Gasteiger partial charge on any atom is 0.127 e. The second-order valence-corrected chi connectivity index (χ2v) is 7.56. The highest BCUT2D eigenvalue weighted by atomic mass is 32.2. The van der Waals surface area contributed by atoms with Crippen molar-refractivity contribution in [2.45, 2.75) is 5.03 Å². The summed E-state index contributed by atoms with van der Waals surface area (Å²) in [6.07, 6.45) is 4.03. The van der Waals surface area contributed by atoms with Crippen LogP contribution >= 0.6 is 11.8 Å². The quantitative estimate of drug-likeness (QED) is 0.328. The number of thioether (sulfide) groups is 1. The van der Waals surface area contributed by atoms with Crippen LogP contribution in [-0.4, -0.2) is 21.0 Å². The van der Waals surface area contributed by atoms with Gasteiger partial charge in [-0.3, -0.25) is 4.98 Å². The van der Waals surface area contributed by atoms with Gasteiger partial charge in [0, 0.05) is 28.3 Å². The molecule has 5 rings (SSSR count). The molecule has 140 valence electrons. The van der Waals surface area contributed by atoms with Gasteiger partial charge in [0.2, 0.25) is 0 Å². The van der Waals surface area contributed by atoms with Crippen molar-refractivity contribution in [1.82, 2.24) is 14.8 Å². The van der Waals surface area contributed by atoms with Crippen molar-refractivity contribution in [3.05, 3.63) is 97.2 Å². The Labute approximate surface area is 174 Å². The first-order chi connectivity index (χ1) is 14.3. The third kappa shape index (κ3) is 3.22. The first-order valence-corrected chi connectivity index (χ1v) is 10.7. The number of para-hydroxylation sites is 2. The molecule has 0 amide bonds. The number of pyridine rings is 1. The van der Waals surface area contributed by atoms with Gasteiger partial charge in [0.25, 0.3) is 0 Å². The van der Waals surface area contributed by atoms with Crippen LogP contribution in [0.3, 0.4) is 0 Å². The van der Waals surface area contributed by atoms with Crippen molar-refractivity contribution < 1.29 is 0 Å². The van der Waals surface area contributed by atoms with Crippen molar-refractivity contribution >= 4 is 22.7 Å². The fourth-order valence-corrected chi connectivity index (χ4v) is 4.21. The Kier molecular flexibility index (Phi) is 4.62. The van der Waals surface area contributed by atoms with E-state index < -0.39 is 0 Å². The summed E-state index contributed by atoms with van der Waals surface area (Å²) in [6, 6.07) is 31.2. The molecular weight excluding hydrogens is 374 g/mol. The fourth-order valence-electron chi connectivity index (χ4n) is 3.63. The van der Waals surface area contributed by atoms with Gasteiger partial charge < -0.3 is 0 Å². The zero-order valence-corrected chi connectivity index (χ0v) is 16.8. The van der Waals surface area contributed by atoms with Crippen molar-refractivity contribution in [1.29, 1.82) is 0 Å². The van der Waals surface area contributed by atoms with Gasteiger partial charge in [0.15, 0.2) is 0 Å². The van der Waals surface area contributed by atoms with Gasteiger partial charge in [-0.15, -0.1) is 11.8 Å². The van der Waals surface area contributed by atoms with Crippen LogP contribution < -0.4 is 0 Å². The summed E-state index contributed by atoms with van der Waals surface area (Å²) >= 11 is 1.66. The molecule has 29 heavy (non-hydrogen) atoms. The van der Waals surface area contributed by atoms with E-state index in [1.54, 1.807) is 11.8 Å². The SMILES string of the molecule is CSc1nn(-c2ccccc2)c(-c2ccccc2)c1-c1cnc2ccccc2c1. The summed E-state index contributed by atoms with van der Waals surface area (Å²) in [7, 11) is 0. The number of nitrogens with zero attached hydrogens (tertiary/aromatic N) is 3. The summed E-state index contributed by atoms with van der Waals surface area (Å²) in [5, 5.41) is 7.10. The average Bonchev–Trinajstić information content (AvgIpc) is 3.19. The second kappa shape index (κ2) is 7.57. The fraction of sp³-hybridized carbons (Fsp3) is 0.0400. The lowest BCUT2D eigenvalue weighted by atomic mass is 10.0. The Balaban J connectivity index is 1.83. The third-order valence-electron chi connectivity index (χ3n) is 4.97. The molecule has 0 atom stereocenters. The molecule has 0 N–H and O–H groups in total. The molecule has 0 radical (unpaired) electrons. The first kappa shape index (κ1) is 17.7. The summed E-state index contributed by atoms with van der Waals surface area (Å²) in [6.45, 7) is 0. The van der Waals surface area contributed by atoms with E-state index in [1.807, 2.05) is 47.3 Å². The Bertz CT molecular complexity index is 1280. The number of hydrogen-bond acceptors (Lipinski definition) is 3. The molecule has 2 heterocycles. The zero-order chi connectivity index (χ0) is 19.6. The molecule has 0 saturated carbocycles. The van der Waals surface area contributed by atoms with Gasteiger partial charge in [-0.1, -0.05) is 66.7 Å². The highest BCUT2D eigenvalue weighted by Gasteiger charge is 2.22. The van der Waals surface area contributed by atoms with Crippen molar-refractivity contribution in [2.24, 2.45) is 0 Å². The zero-order valence-electron chi connectivity index (χ0n) is 16.0.